The van der Waals surface area contributed by atoms with Crippen molar-refractivity contribution in [2.24, 2.45) is 5.73 Å². The van der Waals surface area contributed by atoms with Gasteiger partial charge < -0.3 is 5.73 Å². The Morgan fingerprint density at radius 3 is 2.27 bits per heavy atom. The first kappa shape index (κ1) is 12.9. The van der Waals surface area contributed by atoms with E-state index in [1.807, 2.05) is 13.8 Å². The van der Waals surface area contributed by atoms with Gasteiger partial charge >= 0.3 is 0 Å². The molecule has 2 atom stereocenters. The van der Waals surface area contributed by atoms with E-state index in [9.17, 15) is 8.42 Å². The molecule has 4 nitrogen and oxygen atoms in total. The van der Waals surface area contributed by atoms with E-state index >= 15 is 0 Å². The van der Waals surface area contributed by atoms with Gasteiger partial charge in [-0.15, -0.1) is 0 Å². The van der Waals surface area contributed by atoms with E-state index in [0.717, 1.165) is 6.54 Å². The van der Waals surface area contributed by atoms with Gasteiger partial charge in [-0.25, -0.2) is 8.42 Å². The number of hydrogen-bond donors (Lipinski definition) is 1. The molecule has 2 N–H and O–H groups in total. The molecule has 0 amide bonds. The van der Waals surface area contributed by atoms with Crippen LogP contribution in [0, 0.1) is 0 Å². The van der Waals surface area contributed by atoms with E-state index in [0.29, 0.717) is 6.04 Å². The molecule has 0 radical (unpaired) electrons. The second-order valence-electron chi connectivity index (χ2n) is 4.85. The molecule has 2 unspecified atom stereocenters. The second kappa shape index (κ2) is 4.80. The van der Waals surface area contributed by atoms with Crippen molar-refractivity contribution in [3.63, 3.8) is 0 Å². The Hall–Kier alpha value is -0.130. The van der Waals surface area contributed by atoms with Crippen LogP contribution in [0.5, 0.6) is 0 Å². The molecule has 0 aromatic rings. The lowest BCUT2D eigenvalue weighted by Crippen LogP contribution is -2.45. The standard InChI is InChI=1S/C10H22N2O2S/c1-8(11)6-12(10-4-5-10)9(2)7-15(3,13)14/h8-10H,4-7,11H2,1-3H3. The lowest BCUT2D eigenvalue weighted by Gasteiger charge is -2.30. The van der Waals surface area contributed by atoms with Gasteiger partial charge in [-0.05, 0) is 26.7 Å². The highest BCUT2D eigenvalue weighted by Crippen LogP contribution is 2.28. The van der Waals surface area contributed by atoms with Crippen LogP contribution in [0.1, 0.15) is 26.7 Å². The highest BCUT2D eigenvalue weighted by atomic mass is 32.2. The first-order valence-electron chi connectivity index (χ1n) is 5.48. The molecule has 1 saturated carbocycles. The zero-order chi connectivity index (χ0) is 11.6. The molecule has 0 bridgehead atoms. The summed E-state index contributed by atoms with van der Waals surface area (Å²) in [5, 5.41) is 0. The largest absolute Gasteiger partial charge is 0.327 e. The van der Waals surface area contributed by atoms with Crippen LogP contribution in [-0.2, 0) is 9.84 Å². The van der Waals surface area contributed by atoms with Gasteiger partial charge in [-0.2, -0.15) is 0 Å². The quantitative estimate of drug-likeness (QED) is 0.714. The molecule has 90 valence electrons. The van der Waals surface area contributed by atoms with Crippen LogP contribution in [0.15, 0.2) is 0 Å². The minimum atomic E-state index is -2.89. The average molecular weight is 234 g/mol. The summed E-state index contributed by atoms with van der Waals surface area (Å²) in [5.41, 5.74) is 5.77. The van der Waals surface area contributed by atoms with Gasteiger partial charge in [0.05, 0.1) is 5.75 Å². The van der Waals surface area contributed by atoms with Crippen LogP contribution in [0.2, 0.25) is 0 Å². The van der Waals surface area contributed by atoms with Crippen molar-refractivity contribution in [1.29, 1.82) is 0 Å². The maximum absolute atomic E-state index is 11.2. The minimum absolute atomic E-state index is 0.0819. The summed E-state index contributed by atoms with van der Waals surface area (Å²) < 4.78 is 22.4. The zero-order valence-electron chi connectivity index (χ0n) is 9.81. The van der Waals surface area contributed by atoms with Gasteiger partial charge in [0.2, 0.25) is 0 Å². The van der Waals surface area contributed by atoms with Gasteiger partial charge in [-0.3, -0.25) is 4.90 Å². The molecule has 0 aromatic heterocycles. The molecule has 1 aliphatic carbocycles. The number of nitrogens with two attached hydrogens (primary N) is 1. The smallest absolute Gasteiger partial charge is 0.148 e. The number of sulfone groups is 1. The van der Waals surface area contributed by atoms with Crippen molar-refractivity contribution >= 4 is 9.84 Å². The van der Waals surface area contributed by atoms with Crippen LogP contribution in [0.3, 0.4) is 0 Å². The third-order valence-electron chi connectivity index (χ3n) is 2.62. The minimum Gasteiger partial charge on any atom is -0.327 e. The first-order valence-corrected chi connectivity index (χ1v) is 7.54. The summed E-state index contributed by atoms with van der Waals surface area (Å²) in [7, 11) is -2.89. The lowest BCUT2D eigenvalue weighted by atomic mass is 10.2. The SMILES string of the molecule is CC(N)CN(C(C)CS(C)(=O)=O)C1CC1. The summed E-state index contributed by atoms with van der Waals surface area (Å²) in [6, 6.07) is 0.749. The van der Waals surface area contributed by atoms with E-state index in [2.05, 4.69) is 4.90 Å². The van der Waals surface area contributed by atoms with Crippen LogP contribution in [0.4, 0.5) is 0 Å². The molecule has 0 saturated heterocycles. The van der Waals surface area contributed by atoms with Crippen molar-refractivity contribution < 1.29 is 8.42 Å². The molecule has 0 aromatic carbocycles. The van der Waals surface area contributed by atoms with E-state index < -0.39 is 9.84 Å². The molecular weight excluding hydrogens is 212 g/mol. The van der Waals surface area contributed by atoms with E-state index in [1.165, 1.54) is 19.1 Å². The monoisotopic (exact) mass is 234 g/mol. The fourth-order valence-electron chi connectivity index (χ4n) is 1.96. The Bertz CT molecular complexity index is 297. The molecule has 0 aliphatic heterocycles. The Labute approximate surface area is 92.7 Å². The fourth-order valence-corrected chi connectivity index (χ4v) is 3.03. The van der Waals surface area contributed by atoms with Crippen molar-refractivity contribution in [1.82, 2.24) is 4.90 Å². The van der Waals surface area contributed by atoms with Crippen molar-refractivity contribution in [3.05, 3.63) is 0 Å². The number of hydrogen-bond acceptors (Lipinski definition) is 4. The number of rotatable bonds is 6. The Morgan fingerprint density at radius 1 is 1.40 bits per heavy atom. The topological polar surface area (TPSA) is 63.4 Å². The van der Waals surface area contributed by atoms with Gasteiger partial charge in [-0.1, -0.05) is 0 Å². The summed E-state index contributed by atoms with van der Waals surface area (Å²) >= 11 is 0. The van der Waals surface area contributed by atoms with Crippen molar-refractivity contribution in [2.75, 3.05) is 18.6 Å². The predicted molar refractivity (Wildman–Crippen MR) is 62.6 cm³/mol. The Kier molecular flexibility index (Phi) is 4.14. The second-order valence-corrected chi connectivity index (χ2v) is 7.03. The van der Waals surface area contributed by atoms with Crippen LogP contribution in [0.25, 0.3) is 0 Å². The summed E-state index contributed by atoms with van der Waals surface area (Å²) in [6.45, 7) is 4.73. The van der Waals surface area contributed by atoms with Crippen LogP contribution >= 0.6 is 0 Å². The summed E-state index contributed by atoms with van der Waals surface area (Å²) in [4.78, 5) is 2.24. The summed E-state index contributed by atoms with van der Waals surface area (Å²) in [6.07, 6.45) is 3.65. The molecular formula is C10H22N2O2S. The molecule has 0 heterocycles. The van der Waals surface area contributed by atoms with Gasteiger partial charge in [0, 0.05) is 30.9 Å². The van der Waals surface area contributed by atoms with Gasteiger partial charge in [0.15, 0.2) is 0 Å². The first-order chi connectivity index (χ1) is 6.79. The highest BCUT2D eigenvalue weighted by molar-refractivity contribution is 7.90. The zero-order valence-corrected chi connectivity index (χ0v) is 10.6. The maximum Gasteiger partial charge on any atom is 0.148 e. The molecule has 0 spiro atoms. The molecule has 15 heavy (non-hydrogen) atoms. The Morgan fingerprint density at radius 2 is 1.93 bits per heavy atom. The predicted octanol–water partition coefficient (Wildman–Crippen LogP) is 0.231. The fraction of sp³-hybridized carbons (Fsp3) is 1.00. The Balaban J connectivity index is 2.55. The molecule has 1 fully saturated rings. The third-order valence-corrected chi connectivity index (χ3v) is 3.71. The number of nitrogens with zero attached hydrogens (tertiary/aromatic N) is 1. The lowest BCUT2D eigenvalue weighted by molar-refractivity contribution is 0.203. The maximum atomic E-state index is 11.2. The average Bonchev–Trinajstić information content (AvgIpc) is 2.78. The van der Waals surface area contributed by atoms with Crippen molar-refractivity contribution in [3.8, 4) is 0 Å². The molecule has 1 rings (SSSR count). The third kappa shape index (κ3) is 4.95. The van der Waals surface area contributed by atoms with Crippen molar-refractivity contribution in [2.45, 2.75) is 44.8 Å². The molecule has 5 heteroatoms. The molecule has 1 aliphatic rings. The van der Waals surface area contributed by atoms with Gasteiger partial charge in [0.25, 0.3) is 0 Å². The highest BCUT2D eigenvalue weighted by Gasteiger charge is 2.33. The van der Waals surface area contributed by atoms with Crippen LogP contribution in [-0.4, -0.2) is 50.0 Å². The van der Waals surface area contributed by atoms with E-state index in [4.69, 9.17) is 5.73 Å². The summed E-state index contributed by atoms with van der Waals surface area (Å²) in [5.74, 6) is 0.232. The van der Waals surface area contributed by atoms with Gasteiger partial charge in [0.1, 0.15) is 9.84 Å². The van der Waals surface area contributed by atoms with E-state index in [1.54, 1.807) is 0 Å². The normalized spacial score (nSPS) is 21.7. The van der Waals surface area contributed by atoms with Crippen LogP contribution < -0.4 is 5.73 Å². The van der Waals surface area contributed by atoms with E-state index in [-0.39, 0.29) is 17.8 Å².